The van der Waals surface area contributed by atoms with Gasteiger partial charge in [0.05, 0.1) is 22.6 Å². The number of likely N-dealkylation sites (tertiary alicyclic amines) is 1. The predicted molar refractivity (Wildman–Crippen MR) is 138 cm³/mol. The zero-order chi connectivity index (χ0) is 26.2. The Morgan fingerprint density at radius 3 is 2.81 bits per heavy atom. The van der Waals surface area contributed by atoms with E-state index < -0.39 is 6.17 Å². The van der Waals surface area contributed by atoms with E-state index in [4.69, 9.17) is 4.52 Å². The monoisotopic (exact) mass is 506 g/mol. The molecule has 0 saturated carbocycles. The van der Waals surface area contributed by atoms with E-state index in [0.717, 1.165) is 29.1 Å². The van der Waals surface area contributed by atoms with Gasteiger partial charge in [-0.05, 0) is 31.0 Å². The molecule has 3 N–H and O–H groups in total. The van der Waals surface area contributed by atoms with E-state index >= 15 is 0 Å². The van der Waals surface area contributed by atoms with Crippen LogP contribution in [0.1, 0.15) is 60.1 Å². The van der Waals surface area contributed by atoms with Crippen LogP contribution in [0, 0.1) is 6.92 Å². The molecule has 1 saturated heterocycles. The number of hydrogen-bond acceptors (Lipinski definition) is 9. The molecule has 0 unspecified atom stereocenters. The molecule has 1 amide bonds. The molecule has 2 aliphatic heterocycles. The highest BCUT2D eigenvalue weighted by Gasteiger charge is 2.24. The molecular formula is C26H31FN8O2. The Kier molecular flexibility index (Phi) is 6.65. The Labute approximate surface area is 214 Å². The molecule has 1 fully saturated rings. The normalized spacial score (nSPS) is 18.1. The van der Waals surface area contributed by atoms with Crippen LogP contribution >= 0.6 is 0 Å². The summed E-state index contributed by atoms with van der Waals surface area (Å²) in [5.74, 6) is 0.692. The number of hydrogen-bond donors (Lipinski definition) is 3. The summed E-state index contributed by atoms with van der Waals surface area (Å²) in [7, 11) is 0. The third kappa shape index (κ3) is 5.62. The molecule has 3 aromatic heterocycles. The first-order valence-electron chi connectivity index (χ1n) is 12.2. The fourth-order valence-corrected chi connectivity index (χ4v) is 4.26. The van der Waals surface area contributed by atoms with Gasteiger partial charge in [0.25, 0.3) is 5.91 Å². The van der Waals surface area contributed by atoms with E-state index in [1.807, 2.05) is 46.2 Å². The maximum atomic E-state index is 13.5. The number of rotatable bonds is 6. The summed E-state index contributed by atoms with van der Waals surface area (Å²) in [6, 6.07) is 5.52. The fourth-order valence-electron chi connectivity index (χ4n) is 4.26. The average molecular weight is 507 g/mol. The number of carbonyl (C=O) groups excluding carboxylic acids is 1. The summed E-state index contributed by atoms with van der Waals surface area (Å²) in [5.41, 5.74) is 10.6. The second-order valence-electron chi connectivity index (χ2n) is 10.5. The van der Waals surface area contributed by atoms with Crippen molar-refractivity contribution < 1.29 is 13.7 Å². The number of nitrogens with one attached hydrogen (secondary N) is 3. The van der Waals surface area contributed by atoms with Crippen LogP contribution in [-0.4, -0.2) is 45.2 Å². The van der Waals surface area contributed by atoms with Gasteiger partial charge in [0.15, 0.2) is 5.82 Å². The molecule has 0 spiro atoms. The zero-order valence-electron chi connectivity index (χ0n) is 21.4. The molecule has 2 aliphatic rings. The third-order valence-electron chi connectivity index (χ3n) is 6.37. The van der Waals surface area contributed by atoms with Crippen LogP contribution in [0.3, 0.4) is 0 Å². The van der Waals surface area contributed by atoms with Crippen molar-refractivity contribution in [1.82, 2.24) is 31.0 Å². The fraction of sp³-hybridized carbons (Fsp3) is 0.385. The number of aryl methyl sites for hydroxylation is 1. The van der Waals surface area contributed by atoms with Gasteiger partial charge in [-0.2, -0.15) is 0 Å². The van der Waals surface area contributed by atoms with Crippen LogP contribution in [0.5, 0.6) is 0 Å². The number of pyridine rings is 2. The van der Waals surface area contributed by atoms with Gasteiger partial charge in [-0.25, -0.2) is 4.39 Å². The molecule has 0 bridgehead atoms. The van der Waals surface area contributed by atoms with Crippen LogP contribution in [0.4, 0.5) is 15.9 Å². The van der Waals surface area contributed by atoms with Gasteiger partial charge < -0.3 is 15.3 Å². The molecule has 3 aromatic rings. The van der Waals surface area contributed by atoms with E-state index in [1.54, 1.807) is 23.3 Å². The van der Waals surface area contributed by atoms with Crippen molar-refractivity contribution in [3.8, 4) is 0 Å². The van der Waals surface area contributed by atoms with Crippen molar-refractivity contribution in [2.75, 3.05) is 23.4 Å². The summed E-state index contributed by atoms with van der Waals surface area (Å²) >= 11 is 0. The Hall–Kier alpha value is -3.83. The van der Waals surface area contributed by atoms with E-state index in [1.165, 1.54) is 6.20 Å². The number of halogens is 1. The number of amides is 1. The van der Waals surface area contributed by atoms with E-state index in [0.29, 0.717) is 42.3 Å². The Balaban J connectivity index is 1.30. The minimum Gasteiger partial charge on any atom is -0.359 e. The van der Waals surface area contributed by atoms with Gasteiger partial charge in [-0.3, -0.25) is 24.7 Å². The first-order valence-corrected chi connectivity index (χ1v) is 12.2. The largest absolute Gasteiger partial charge is 0.359 e. The molecule has 0 aliphatic carbocycles. The lowest BCUT2D eigenvalue weighted by Crippen LogP contribution is -2.36. The SMILES string of the molecule is Cc1ncc(C(=O)Nc2cc(C(C)(C)C)on2)cc1N1C=C(c2cncc(CN3CC[C@H](F)C3)c2)NN1. The highest BCUT2D eigenvalue weighted by atomic mass is 19.1. The van der Waals surface area contributed by atoms with Gasteiger partial charge >= 0.3 is 0 Å². The van der Waals surface area contributed by atoms with Crippen molar-refractivity contribution in [2.24, 2.45) is 0 Å². The molecule has 194 valence electrons. The third-order valence-corrected chi connectivity index (χ3v) is 6.37. The Bertz CT molecular complexity index is 1330. The quantitative estimate of drug-likeness (QED) is 0.461. The molecule has 0 radical (unpaired) electrons. The molecule has 5 heterocycles. The summed E-state index contributed by atoms with van der Waals surface area (Å²) in [6.07, 6.45) is 6.83. The highest BCUT2D eigenvalue weighted by Crippen LogP contribution is 2.27. The van der Waals surface area contributed by atoms with Gasteiger partial charge in [0, 0.05) is 61.5 Å². The van der Waals surface area contributed by atoms with Crippen LogP contribution in [0.15, 0.2) is 47.5 Å². The summed E-state index contributed by atoms with van der Waals surface area (Å²) in [6.45, 7) is 9.78. The van der Waals surface area contributed by atoms with Gasteiger partial charge in [-0.1, -0.05) is 25.9 Å². The van der Waals surface area contributed by atoms with E-state index in [2.05, 4.69) is 36.3 Å². The second-order valence-corrected chi connectivity index (χ2v) is 10.5. The lowest BCUT2D eigenvalue weighted by molar-refractivity contribution is 0.102. The minimum absolute atomic E-state index is 0.215. The smallest absolute Gasteiger partial charge is 0.258 e. The number of aromatic nitrogens is 3. The van der Waals surface area contributed by atoms with Crippen molar-refractivity contribution in [3.05, 3.63) is 71.1 Å². The molecule has 11 heteroatoms. The molecule has 5 rings (SSSR count). The van der Waals surface area contributed by atoms with E-state index in [-0.39, 0.29) is 11.3 Å². The Morgan fingerprint density at radius 2 is 2.08 bits per heavy atom. The van der Waals surface area contributed by atoms with Crippen molar-refractivity contribution in [1.29, 1.82) is 0 Å². The van der Waals surface area contributed by atoms with Crippen molar-refractivity contribution >= 4 is 23.1 Å². The molecule has 1 atom stereocenters. The molecule has 37 heavy (non-hydrogen) atoms. The van der Waals surface area contributed by atoms with Crippen molar-refractivity contribution in [3.63, 3.8) is 0 Å². The summed E-state index contributed by atoms with van der Waals surface area (Å²) in [4.78, 5) is 23.8. The zero-order valence-corrected chi connectivity index (χ0v) is 21.4. The summed E-state index contributed by atoms with van der Waals surface area (Å²) < 4.78 is 18.9. The lowest BCUT2D eigenvalue weighted by Gasteiger charge is -2.17. The number of nitrogens with zero attached hydrogens (tertiary/aromatic N) is 5. The standard InChI is InChI=1S/C26H31FN8O2/c1-16-22(8-19(12-29-16)25(36)30-24-9-23(37-32-24)26(2,3)4)35-15-21(31-33-35)18-7-17(10-28-11-18)13-34-6-5-20(27)14-34/h7-12,15,20,31,33H,5-6,13-14H2,1-4H3,(H,30,32,36)/t20-/m0/s1. The number of carbonyl (C=O) groups is 1. The van der Waals surface area contributed by atoms with Crippen LogP contribution in [-0.2, 0) is 12.0 Å². The Morgan fingerprint density at radius 1 is 1.24 bits per heavy atom. The molecular weight excluding hydrogens is 475 g/mol. The number of anilines is 2. The number of alkyl halides is 1. The summed E-state index contributed by atoms with van der Waals surface area (Å²) in [5, 5.41) is 8.49. The van der Waals surface area contributed by atoms with Gasteiger partial charge in [-0.15, -0.1) is 5.53 Å². The average Bonchev–Trinajstić information content (AvgIpc) is 3.61. The number of hydrazine groups is 2. The first kappa shape index (κ1) is 24.8. The molecule has 0 aromatic carbocycles. The maximum Gasteiger partial charge on any atom is 0.258 e. The van der Waals surface area contributed by atoms with Crippen LogP contribution in [0.2, 0.25) is 0 Å². The van der Waals surface area contributed by atoms with Gasteiger partial charge in [0.1, 0.15) is 11.9 Å². The highest BCUT2D eigenvalue weighted by molar-refractivity contribution is 6.04. The van der Waals surface area contributed by atoms with Crippen LogP contribution in [0.25, 0.3) is 5.70 Å². The van der Waals surface area contributed by atoms with Gasteiger partial charge in [0.2, 0.25) is 0 Å². The second kappa shape index (κ2) is 9.91. The topological polar surface area (TPSA) is 111 Å². The van der Waals surface area contributed by atoms with E-state index in [9.17, 15) is 9.18 Å². The lowest BCUT2D eigenvalue weighted by atomic mass is 9.93. The first-order chi connectivity index (χ1) is 17.7. The maximum absolute atomic E-state index is 13.5. The molecule has 10 nitrogen and oxygen atoms in total. The van der Waals surface area contributed by atoms with Crippen LogP contribution < -0.4 is 21.3 Å². The minimum atomic E-state index is -0.750. The van der Waals surface area contributed by atoms with Crippen molar-refractivity contribution in [2.45, 2.75) is 52.2 Å². The predicted octanol–water partition coefficient (Wildman–Crippen LogP) is 3.69.